The minimum atomic E-state index is -0.119. The van der Waals surface area contributed by atoms with Crippen LogP contribution in [0, 0.1) is 5.92 Å². The average Bonchev–Trinajstić information content (AvgIpc) is 2.16. The number of rotatable bonds is 4. The highest BCUT2D eigenvalue weighted by Gasteiger charge is 2.12. The standard InChI is InChI=1S/C8H17NO2.C2H6/c1-7(8(10)11-4)5-6-9(2)3;1-2/h7H,5-6H2,1-4H3;1-2H3. The Morgan fingerprint density at radius 2 is 1.85 bits per heavy atom. The molecule has 0 aliphatic rings. The summed E-state index contributed by atoms with van der Waals surface area (Å²) < 4.78 is 4.59. The Labute approximate surface area is 82.1 Å². The van der Waals surface area contributed by atoms with Crippen LogP contribution in [0.4, 0.5) is 0 Å². The Morgan fingerprint density at radius 1 is 1.38 bits per heavy atom. The van der Waals surface area contributed by atoms with Gasteiger partial charge in [0.1, 0.15) is 0 Å². The second kappa shape index (κ2) is 9.52. The molecule has 3 heteroatoms. The molecule has 0 saturated heterocycles. The Hall–Kier alpha value is -0.570. The second-order valence-electron chi connectivity index (χ2n) is 3.02. The van der Waals surface area contributed by atoms with Gasteiger partial charge in [0.05, 0.1) is 13.0 Å². The summed E-state index contributed by atoms with van der Waals surface area (Å²) in [5.41, 5.74) is 0. The van der Waals surface area contributed by atoms with Gasteiger partial charge in [-0.05, 0) is 27.1 Å². The lowest BCUT2D eigenvalue weighted by Crippen LogP contribution is -2.20. The Bertz CT molecular complexity index is 124. The molecule has 0 aliphatic carbocycles. The predicted molar refractivity (Wildman–Crippen MR) is 55.7 cm³/mol. The predicted octanol–water partition coefficient (Wildman–Crippen LogP) is 1.77. The molecular formula is C10H23NO2. The summed E-state index contributed by atoms with van der Waals surface area (Å²) >= 11 is 0. The van der Waals surface area contributed by atoms with E-state index < -0.39 is 0 Å². The summed E-state index contributed by atoms with van der Waals surface area (Å²) in [7, 11) is 5.41. The maximum atomic E-state index is 10.9. The van der Waals surface area contributed by atoms with E-state index in [1.807, 2.05) is 34.9 Å². The van der Waals surface area contributed by atoms with Crippen molar-refractivity contribution in [3.05, 3.63) is 0 Å². The normalized spacial score (nSPS) is 11.6. The highest BCUT2D eigenvalue weighted by Crippen LogP contribution is 2.03. The van der Waals surface area contributed by atoms with Gasteiger partial charge in [0.15, 0.2) is 0 Å². The first-order valence-electron chi connectivity index (χ1n) is 4.80. The number of ether oxygens (including phenoxy) is 1. The van der Waals surface area contributed by atoms with Gasteiger partial charge in [0.2, 0.25) is 0 Å². The average molecular weight is 189 g/mol. The van der Waals surface area contributed by atoms with Crippen LogP contribution in [0.3, 0.4) is 0 Å². The Balaban J connectivity index is 0. The van der Waals surface area contributed by atoms with Gasteiger partial charge >= 0.3 is 5.97 Å². The van der Waals surface area contributed by atoms with E-state index in [0.717, 1.165) is 13.0 Å². The van der Waals surface area contributed by atoms with Crippen LogP contribution < -0.4 is 0 Å². The van der Waals surface area contributed by atoms with Gasteiger partial charge in [-0.25, -0.2) is 0 Å². The fourth-order valence-electron chi connectivity index (χ4n) is 0.771. The maximum Gasteiger partial charge on any atom is 0.308 e. The molecule has 0 rings (SSSR count). The molecule has 0 aromatic heterocycles. The van der Waals surface area contributed by atoms with Crippen molar-refractivity contribution in [3.8, 4) is 0 Å². The smallest absolute Gasteiger partial charge is 0.308 e. The highest BCUT2D eigenvalue weighted by molar-refractivity contribution is 5.71. The molecule has 0 heterocycles. The van der Waals surface area contributed by atoms with Gasteiger partial charge in [-0.15, -0.1) is 0 Å². The van der Waals surface area contributed by atoms with E-state index in [-0.39, 0.29) is 11.9 Å². The minimum Gasteiger partial charge on any atom is -0.469 e. The van der Waals surface area contributed by atoms with Crippen molar-refractivity contribution in [2.24, 2.45) is 5.92 Å². The molecule has 0 radical (unpaired) electrons. The van der Waals surface area contributed by atoms with Gasteiger partial charge in [0, 0.05) is 0 Å². The zero-order valence-electron chi connectivity index (χ0n) is 9.76. The van der Waals surface area contributed by atoms with Gasteiger partial charge in [-0.2, -0.15) is 0 Å². The molecule has 1 atom stereocenters. The van der Waals surface area contributed by atoms with E-state index in [1.54, 1.807) is 0 Å². The summed E-state index contributed by atoms with van der Waals surface area (Å²) in [4.78, 5) is 12.9. The number of hydrogen-bond acceptors (Lipinski definition) is 3. The van der Waals surface area contributed by atoms with Crippen LogP contribution >= 0.6 is 0 Å². The largest absolute Gasteiger partial charge is 0.469 e. The van der Waals surface area contributed by atoms with Crippen molar-refractivity contribution in [2.45, 2.75) is 27.2 Å². The molecule has 0 saturated carbocycles. The third kappa shape index (κ3) is 9.34. The van der Waals surface area contributed by atoms with E-state index in [9.17, 15) is 4.79 Å². The number of hydrogen-bond donors (Lipinski definition) is 0. The fourth-order valence-corrected chi connectivity index (χ4v) is 0.771. The SMILES string of the molecule is CC.COC(=O)C(C)CCN(C)C. The molecule has 13 heavy (non-hydrogen) atoms. The molecule has 1 unspecified atom stereocenters. The Morgan fingerprint density at radius 3 is 2.15 bits per heavy atom. The number of carbonyl (C=O) groups is 1. The first-order valence-corrected chi connectivity index (χ1v) is 4.80. The van der Waals surface area contributed by atoms with Crippen LogP contribution in [-0.2, 0) is 9.53 Å². The zero-order chi connectivity index (χ0) is 10.9. The van der Waals surface area contributed by atoms with E-state index in [4.69, 9.17) is 0 Å². The number of carbonyl (C=O) groups excluding carboxylic acids is 1. The van der Waals surface area contributed by atoms with Gasteiger partial charge in [-0.3, -0.25) is 4.79 Å². The molecule has 0 fully saturated rings. The van der Waals surface area contributed by atoms with Crippen molar-refractivity contribution in [1.29, 1.82) is 0 Å². The maximum absolute atomic E-state index is 10.9. The van der Waals surface area contributed by atoms with Crippen LogP contribution in [0.2, 0.25) is 0 Å². The third-order valence-electron chi connectivity index (χ3n) is 1.61. The molecule has 0 aromatic carbocycles. The summed E-state index contributed by atoms with van der Waals surface area (Å²) in [6.07, 6.45) is 0.861. The van der Waals surface area contributed by atoms with Crippen molar-refractivity contribution < 1.29 is 9.53 Å². The molecule has 0 amide bonds. The Kier molecular flexibility index (Phi) is 10.9. The number of methoxy groups -OCH3 is 1. The fraction of sp³-hybridized carbons (Fsp3) is 0.900. The highest BCUT2D eigenvalue weighted by atomic mass is 16.5. The molecule has 0 N–H and O–H groups in total. The third-order valence-corrected chi connectivity index (χ3v) is 1.61. The van der Waals surface area contributed by atoms with Gasteiger partial charge in [-0.1, -0.05) is 20.8 Å². The molecule has 0 aromatic rings. The lowest BCUT2D eigenvalue weighted by Gasteiger charge is -2.12. The lowest BCUT2D eigenvalue weighted by molar-refractivity contribution is -0.145. The van der Waals surface area contributed by atoms with E-state index in [1.165, 1.54) is 7.11 Å². The zero-order valence-corrected chi connectivity index (χ0v) is 9.76. The van der Waals surface area contributed by atoms with Crippen molar-refractivity contribution >= 4 is 5.97 Å². The van der Waals surface area contributed by atoms with Gasteiger partial charge in [0.25, 0.3) is 0 Å². The second-order valence-corrected chi connectivity index (χ2v) is 3.02. The van der Waals surface area contributed by atoms with Crippen molar-refractivity contribution in [2.75, 3.05) is 27.7 Å². The quantitative estimate of drug-likeness (QED) is 0.631. The van der Waals surface area contributed by atoms with Crippen LogP contribution in [0.25, 0.3) is 0 Å². The summed E-state index contributed by atoms with van der Waals surface area (Å²) in [6, 6.07) is 0. The topological polar surface area (TPSA) is 29.5 Å². The summed E-state index contributed by atoms with van der Waals surface area (Å²) in [6.45, 7) is 6.81. The van der Waals surface area contributed by atoms with Crippen molar-refractivity contribution in [1.82, 2.24) is 4.90 Å². The number of nitrogens with zero attached hydrogens (tertiary/aromatic N) is 1. The first-order chi connectivity index (χ1) is 6.07. The van der Waals surface area contributed by atoms with Crippen LogP contribution in [0.1, 0.15) is 27.2 Å². The molecule has 0 aliphatic heterocycles. The molecule has 80 valence electrons. The number of esters is 1. The molecular weight excluding hydrogens is 166 g/mol. The lowest BCUT2D eigenvalue weighted by atomic mass is 10.1. The summed E-state index contributed by atoms with van der Waals surface area (Å²) in [5.74, 6) is -0.103. The van der Waals surface area contributed by atoms with E-state index in [2.05, 4.69) is 9.64 Å². The van der Waals surface area contributed by atoms with E-state index >= 15 is 0 Å². The monoisotopic (exact) mass is 189 g/mol. The molecule has 0 bridgehead atoms. The van der Waals surface area contributed by atoms with E-state index in [0.29, 0.717) is 0 Å². The van der Waals surface area contributed by atoms with Crippen LogP contribution in [-0.4, -0.2) is 38.6 Å². The molecule has 3 nitrogen and oxygen atoms in total. The van der Waals surface area contributed by atoms with Crippen LogP contribution in [0.5, 0.6) is 0 Å². The van der Waals surface area contributed by atoms with Crippen LogP contribution in [0.15, 0.2) is 0 Å². The minimum absolute atomic E-state index is 0.0161. The summed E-state index contributed by atoms with van der Waals surface area (Å²) in [5, 5.41) is 0. The van der Waals surface area contributed by atoms with Crippen molar-refractivity contribution in [3.63, 3.8) is 0 Å². The molecule has 0 spiro atoms. The first kappa shape index (κ1) is 14.9. The van der Waals surface area contributed by atoms with Gasteiger partial charge < -0.3 is 9.64 Å².